The van der Waals surface area contributed by atoms with Crippen LogP contribution in [0, 0.1) is 11.3 Å². The van der Waals surface area contributed by atoms with Crippen molar-refractivity contribution in [2.45, 2.75) is 6.54 Å². The zero-order valence-electron chi connectivity index (χ0n) is 14.3. The molecule has 25 heavy (non-hydrogen) atoms. The molecule has 1 aromatic carbocycles. The fourth-order valence-corrected chi connectivity index (χ4v) is 2.33. The molecule has 0 aliphatic carbocycles. The first-order valence-electron chi connectivity index (χ1n) is 7.52. The summed E-state index contributed by atoms with van der Waals surface area (Å²) in [4.78, 5) is 37.4. The Morgan fingerprint density at radius 2 is 2.04 bits per heavy atom. The van der Waals surface area contributed by atoms with Gasteiger partial charge in [0.15, 0.2) is 0 Å². The first-order valence-corrected chi connectivity index (χ1v) is 7.52. The maximum Gasteiger partial charge on any atom is 0.330 e. The molecule has 0 saturated heterocycles. The number of amides is 1. The molecule has 0 fully saturated rings. The Bertz CT molecular complexity index is 993. The van der Waals surface area contributed by atoms with E-state index in [4.69, 9.17) is 5.26 Å². The van der Waals surface area contributed by atoms with Crippen molar-refractivity contribution in [1.29, 1.82) is 5.26 Å². The lowest BCUT2D eigenvalue weighted by Gasteiger charge is -2.15. The average Bonchev–Trinajstić information content (AvgIpc) is 2.61. The molecule has 1 aromatic heterocycles. The number of nitriles is 1. The van der Waals surface area contributed by atoms with Gasteiger partial charge in [-0.2, -0.15) is 5.26 Å². The molecule has 2 aromatic rings. The number of hydrogen-bond donors (Lipinski definition) is 0. The highest BCUT2D eigenvalue weighted by molar-refractivity contribution is 5.91. The third-order valence-corrected chi connectivity index (χ3v) is 3.73. The van der Waals surface area contributed by atoms with Gasteiger partial charge in [0.25, 0.3) is 5.56 Å². The van der Waals surface area contributed by atoms with Gasteiger partial charge in [0, 0.05) is 40.0 Å². The Hall–Kier alpha value is -3.40. The Labute approximate surface area is 144 Å². The zero-order valence-corrected chi connectivity index (χ0v) is 14.3. The van der Waals surface area contributed by atoms with Crippen LogP contribution in [0.15, 0.2) is 46.1 Å². The minimum Gasteiger partial charge on any atom is -0.338 e. The zero-order chi connectivity index (χ0) is 18.6. The van der Waals surface area contributed by atoms with E-state index >= 15 is 0 Å². The number of hydrogen-bond acceptors (Lipinski definition) is 4. The molecule has 128 valence electrons. The van der Waals surface area contributed by atoms with Gasteiger partial charge < -0.3 is 9.47 Å². The first-order chi connectivity index (χ1) is 11.8. The van der Waals surface area contributed by atoms with E-state index in [-0.39, 0.29) is 11.5 Å². The summed E-state index contributed by atoms with van der Waals surface area (Å²) in [6, 6.07) is 9.06. The Morgan fingerprint density at radius 1 is 1.32 bits per heavy atom. The number of aryl methyl sites for hydroxylation is 1. The van der Waals surface area contributed by atoms with Crippen LogP contribution in [0.3, 0.4) is 0 Å². The Kier molecular flexibility index (Phi) is 5.35. The molecule has 1 heterocycles. The molecule has 7 heteroatoms. The Balaban J connectivity index is 2.16. The van der Waals surface area contributed by atoms with Crippen LogP contribution in [-0.4, -0.2) is 27.0 Å². The van der Waals surface area contributed by atoms with Gasteiger partial charge in [-0.25, -0.2) is 4.79 Å². The Morgan fingerprint density at radius 3 is 2.72 bits per heavy atom. The number of carbonyl (C=O) groups is 1. The van der Waals surface area contributed by atoms with E-state index in [9.17, 15) is 14.4 Å². The van der Waals surface area contributed by atoms with Gasteiger partial charge in [-0.1, -0.05) is 12.1 Å². The fraction of sp³-hybridized carbons (Fsp3) is 0.222. The molecule has 1 amide bonds. The van der Waals surface area contributed by atoms with Gasteiger partial charge in [-0.3, -0.25) is 14.2 Å². The van der Waals surface area contributed by atoms with E-state index < -0.39 is 11.2 Å². The number of aromatic nitrogens is 2. The smallest absolute Gasteiger partial charge is 0.330 e. The van der Waals surface area contributed by atoms with Crippen LogP contribution in [0.4, 0.5) is 0 Å². The van der Waals surface area contributed by atoms with Crippen LogP contribution < -0.4 is 11.2 Å². The van der Waals surface area contributed by atoms with E-state index in [0.717, 1.165) is 10.1 Å². The molecule has 0 aliphatic rings. The molecule has 0 aliphatic heterocycles. The van der Waals surface area contributed by atoms with Crippen molar-refractivity contribution in [1.82, 2.24) is 14.0 Å². The highest BCUT2D eigenvalue weighted by Crippen LogP contribution is 2.07. The quantitative estimate of drug-likeness (QED) is 0.765. The lowest BCUT2D eigenvalue weighted by Crippen LogP contribution is -2.37. The van der Waals surface area contributed by atoms with Crippen molar-refractivity contribution >= 4 is 12.0 Å². The molecule has 0 unspecified atom stereocenters. The second-order valence-electron chi connectivity index (χ2n) is 5.68. The highest BCUT2D eigenvalue weighted by Gasteiger charge is 2.08. The van der Waals surface area contributed by atoms with Gasteiger partial charge in [0.2, 0.25) is 5.91 Å². The van der Waals surface area contributed by atoms with Crippen LogP contribution >= 0.6 is 0 Å². The molecule has 0 N–H and O–H groups in total. The van der Waals surface area contributed by atoms with Crippen molar-refractivity contribution in [3.05, 3.63) is 74.1 Å². The molecule has 0 saturated carbocycles. The minimum atomic E-state index is -0.462. The predicted octanol–water partition coefficient (Wildman–Crippen LogP) is 0.627. The van der Waals surface area contributed by atoms with Crippen molar-refractivity contribution in [3.63, 3.8) is 0 Å². The first kappa shape index (κ1) is 17.9. The monoisotopic (exact) mass is 338 g/mol. The number of rotatable bonds is 4. The van der Waals surface area contributed by atoms with Crippen molar-refractivity contribution in [2.75, 3.05) is 7.05 Å². The molecule has 0 bridgehead atoms. The molecule has 0 atom stereocenters. The van der Waals surface area contributed by atoms with E-state index in [1.165, 1.54) is 41.9 Å². The number of carbonyl (C=O) groups excluding carboxylic acids is 1. The standard InChI is InChI=1S/C18H18N4O3/c1-20(11-14-6-4-5-13(9-14)10-19)16(23)8-7-15-12-21(2)18(25)22(3)17(15)24/h4-9,12H,11H2,1-3H3/b8-7+. The van der Waals surface area contributed by atoms with E-state index in [2.05, 4.69) is 6.07 Å². The SMILES string of the molecule is CN(Cc1cccc(C#N)c1)C(=O)/C=C/c1cn(C)c(=O)n(C)c1=O. The topological polar surface area (TPSA) is 88.1 Å². The third-order valence-electron chi connectivity index (χ3n) is 3.73. The van der Waals surface area contributed by atoms with Gasteiger partial charge in [0.05, 0.1) is 17.2 Å². The second kappa shape index (κ2) is 7.45. The van der Waals surface area contributed by atoms with E-state index in [1.807, 2.05) is 6.07 Å². The van der Waals surface area contributed by atoms with E-state index in [0.29, 0.717) is 12.1 Å². The fourth-order valence-electron chi connectivity index (χ4n) is 2.33. The molecule has 7 nitrogen and oxygen atoms in total. The molecular formula is C18H18N4O3. The van der Waals surface area contributed by atoms with Crippen LogP contribution in [0.1, 0.15) is 16.7 Å². The third kappa shape index (κ3) is 4.12. The summed E-state index contributed by atoms with van der Waals surface area (Å²) >= 11 is 0. The van der Waals surface area contributed by atoms with Crippen LogP contribution in [0.25, 0.3) is 6.08 Å². The summed E-state index contributed by atoms with van der Waals surface area (Å²) in [5, 5.41) is 8.91. The van der Waals surface area contributed by atoms with Crippen molar-refractivity contribution in [3.8, 4) is 6.07 Å². The lowest BCUT2D eigenvalue weighted by atomic mass is 10.1. The summed E-state index contributed by atoms with van der Waals surface area (Å²) in [5.74, 6) is -0.293. The highest BCUT2D eigenvalue weighted by atomic mass is 16.2. The molecular weight excluding hydrogens is 320 g/mol. The maximum absolute atomic E-state index is 12.2. The van der Waals surface area contributed by atoms with Crippen LogP contribution in [-0.2, 0) is 25.4 Å². The van der Waals surface area contributed by atoms with Gasteiger partial charge in [-0.15, -0.1) is 0 Å². The minimum absolute atomic E-state index is 0.248. The number of nitrogens with zero attached hydrogens (tertiary/aromatic N) is 4. The maximum atomic E-state index is 12.2. The predicted molar refractivity (Wildman–Crippen MR) is 93.6 cm³/mol. The molecule has 2 rings (SSSR count). The lowest BCUT2D eigenvalue weighted by molar-refractivity contribution is -0.125. The molecule has 0 radical (unpaired) electrons. The average molecular weight is 338 g/mol. The molecule has 0 spiro atoms. The number of benzene rings is 1. The summed E-state index contributed by atoms with van der Waals surface area (Å²) < 4.78 is 2.27. The normalized spacial score (nSPS) is 10.6. The van der Waals surface area contributed by atoms with Crippen molar-refractivity contribution < 1.29 is 4.79 Å². The van der Waals surface area contributed by atoms with Crippen molar-refractivity contribution in [2.24, 2.45) is 14.1 Å². The summed E-state index contributed by atoms with van der Waals surface area (Å²) in [5.41, 5.74) is 0.723. The van der Waals surface area contributed by atoms with Gasteiger partial charge in [0.1, 0.15) is 0 Å². The summed E-state index contributed by atoms with van der Waals surface area (Å²) in [6.07, 6.45) is 4.08. The van der Waals surface area contributed by atoms with Crippen LogP contribution in [0.2, 0.25) is 0 Å². The van der Waals surface area contributed by atoms with Gasteiger partial charge >= 0.3 is 5.69 Å². The van der Waals surface area contributed by atoms with E-state index in [1.54, 1.807) is 25.2 Å². The summed E-state index contributed by atoms with van der Waals surface area (Å²) in [7, 11) is 4.55. The van der Waals surface area contributed by atoms with Crippen LogP contribution in [0.5, 0.6) is 0 Å². The second-order valence-corrected chi connectivity index (χ2v) is 5.68. The summed E-state index contributed by atoms with van der Waals surface area (Å²) in [6.45, 7) is 0.337. The largest absolute Gasteiger partial charge is 0.338 e. The van der Waals surface area contributed by atoms with Gasteiger partial charge in [-0.05, 0) is 23.8 Å². The number of likely N-dealkylation sites (N-methyl/N-ethyl adjacent to an activating group) is 1.